The molecule has 0 saturated carbocycles. The standard InChI is InChI=1S/C20H25FN2/c1-23(2)13-3-11-20(16-4-6-17(21)7-5-16)12-10-15-14-18(22)8-9-19(15)20/h4-9,14H,3,10-13,22H2,1-2H3/t20-/m0/s1. The van der Waals surface area contributed by atoms with Gasteiger partial charge in [0.2, 0.25) is 0 Å². The van der Waals surface area contributed by atoms with Crippen LogP contribution in [-0.4, -0.2) is 25.5 Å². The lowest BCUT2D eigenvalue weighted by Gasteiger charge is -2.32. The number of aryl methyl sites for hydroxylation is 1. The first-order valence-corrected chi connectivity index (χ1v) is 8.31. The van der Waals surface area contributed by atoms with Crippen molar-refractivity contribution in [1.82, 2.24) is 4.90 Å². The number of rotatable bonds is 5. The average molecular weight is 312 g/mol. The number of nitrogens with zero attached hydrogens (tertiary/aromatic N) is 1. The van der Waals surface area contributed by atoms with Gasteiger partial charge in [-0.1, -0.05) is 18.2 Å². The summed E-state index contributed by atoms with van der Waals surface area (Å²) in [5.41, 5.74) is 10.7. The number of benzene rings is 2. The fourth-order valence-electron chi connectivity index (χ4n) is 3.94. The molecule has 0 saturated heterocycles. The van der Waals surface area contributed by atoms with Crippen molar-refractivity contribution in [3.05, 3.63) is 65.0 Å². The Kier molecular flexibility index (Phi) is 4.40. The maximum absolute atomic E-state index is 13.4. The zero-order valence-electron chi connectivity index (χ0n) is 14.0. The molecule has 0 heterocycles. The second-order valence-corrected chi connectivity index (χ2v) is 6.91. The van der Waals surface area contributed by atoms with Gasteiger partial charge >= 0.3 is 0 Å². The summed E-state index contributed by atoms with van der Waals surface area (Å²) in [6, 6.07) is 13.3. The van der Waals surface area contributed by atoms with Crippen LogP contribution in [0.25, 0.3) is 0 Å². The molecule has 0 aliphatic heterocycles. The van der Waals surface area contributed by atoms with Gasteiger partial charge in [0, 0.05) is 11.1 Å². The number of nitrogens with two attached hydrogens (primary N) is 1. The summed E-state index contributed by atoms with van der Waals surface area (Å²) in [7, 11) is 4.21. The van der Waals surface area contributed by atoms with Crippen LogP contribution in [0.2, 0.25) is 0 Å². The van der Waals surface area contributed by atoms with E-state index >= 15 is 0 Å². The number of nitrogen functional groups attached to an aromatic ring is 1. The predicted molar refractivity (Wildman–Crippen MR) is 94.1 cm³/mol. The largest absolute Gasteiger partial charge is 0.399 e. The number of halogens is 1. The van der Waals surface area contributed by atoms with Crippen molar-refractivity contribution in [1.29, 1.82) is 0 Å². The van der Waals surface area contributed by atoms with Crippen LogP contribution in [-0.2, 0) is 11.8 Å². The Labute approximate surface area is 138 Å². The van der Waals surface area contributed by atoms with Crippen molar-refractivity contribution < 1.29 is 4.39 Å². The van der Waals surface area contributed by atoms with E-state index < -0.39 is 0 Å². The zero-order valence-corrected chi connectivity index (χ0v) is 14.0. The normalized spacial score (nSPS) is 20.0. The number of anilines is 1. The van der Waals surface area contributed by atoms with Gasteiger partial charge in [-0.05, 0) is 87.3 Å². The Bertz CT molecular complexity index is 679. The summed E-state index contributed by atoms with van der Waals surface area (Å²) in [6.07, 6.45) is 4.31. The van der Waals surface area contributed by atoms with Crippen molar-refractivity contribution >= 4 is 5.69 Å². The van der Waals surface area contributed by atoms with Gasteiger partial charge in [0.05, 0.1) is 0 Å². The monoisotopic (exact) mass is 312 g/mol. The minimum Gasteiger partial charge on any atom is -0.399 e. The molecule has 122 valence electrons. The van der Waals surface area contributed by atoms with E-state index in [4.69, 9.17) is 5.73 Å². The van der Waals surface area contributed by atoms with Gasteiger partial charge < -0.3 is 10.6 Å². The number of hydrogen-bond acceptors (Lipinski definition) is 2. The van der Waals surface area contributed by atoms with E-state index in [1.54, 1.807) is 12.1 Å². The molecule has 2 aromatic rings. The predicted octanol–water partition coefficient (Wildman–Crippen LogP) is 3.98. The summed E-state index contributed by atoms with van der Waals surface area (Å²) < 4.78 is 13.4. The van der Waals surface area contributed by atoms with Crippen molar-refractivity contribution in [3.8, 4) is 0 Å². The Morgan fingerprint density at radius 3 is 2.57 bits per heavy atom. The highest BCUT2D eigenvalue weighted by molar-refractivity contribution is 5.54. The molecule has 0 unspecified atom stereocenters. The van der Waals surface area contributed by atoms with Crippen molar-refractivity contribution in [2.75, 3.05) is 26.4 Å². The first-order valence-electron chi connectivity index (χ1n) is 8.31. The smallest absolute Gasteiger partial charge is 0.123 e. The lowest BCUT2D eigenvalue weighted by molar-refractivity contribution is 0.359. The summed E-state index contributed by atoms with van der Waals surface area (Å²) in [4.78, 5) is 2.22. The SMILES string of the molecule is CN(C)CCC[C@@]1(c2ccc(F)cc2)CCc2cc(N)ccc21. The summed E-state index contributed by atoms with van der Waals surface area (Å²) in [5, 5.41) is 0. The van der Waals surface area contributed by atoms with Gasteiger partial charge in [0.1, 0.15) is 5.82 Å². The molecule has 2 aromatic carbocycles. The average Bonchev–Trinajstić information content (AvgIpc) is 2.87. The van der Waals surface area contributed by atoms with E-state index in [2.05, 4.69) is 31.1 Å². The first-order chi connectivity index (χ1) is 11.0. The lowest BCUT2D eigenvalue weighted by Crippen LogP contribution is -2.26. The second-order valence-electron chi connectivity index (χ2n) is 6.91. The zero-order chi connectivity index (χ0) is 16.4. The second kappa shape index (κ2) is 6.32. The van der Waals surface area contributed by atoms with Crippen LogP contribution < -0.4 is 5.73 Å². The fourth-order valence-corrected chi connectivity index (χ4v) is 3.94. The van der Waals surface area contributed by atoms with Crippen LogP contribution >= 0.6 is 0 Å². The van der Waals surface area contributed by atoms with Gasteiger partial charge in [-0.15, -0.1) is 0 Å². The van der Waals surface area contributed by atoms with E-state index in [0.717, 1.165) is 37.9 Å². The highest BCUT2D eigenvalue weighted by Crippen LogP contribution is 2.47. The van der Waals surface area contributed by atoms with Gasteiger partial charge in [-0.25, -0.2) is 4.39 Å². The molecule has 1 atom stereocenters. The van der Waals surface area contributed by atoms with Crippen LogP contribution in [0.5, 0.6) is 0 Å². The van der Waals surface area contributed by atoms with Crippen LogP contribution in [0, 0.1) is 5.82 Å². The molecule has 2 nitrogen and oxygen atoms in total. The van der Waals surface area contributed by atoms with E-state index in [9.17, 15) is 4.39 Å². The van der Waals surface area contributed by atoms with Crippen LogP contribution in [0.3, 0.4) is 0 Å². The van der Waals surface area contributed by atoms with Crippen molar-refractivity contribution in [2.24, 2.45) is 0 Å². The minimum atomic E-state index is -0.173. The molecule has 0 aromatic heterocycles. The van der Waals surface area contributed by atoms with E-state index in [1.807, 2.05) is 18.2 Å². The highest BCUT2D eigenvalue weighted by atomic mass is 19.1. The van der Waals surface area contributed by atoms with Crippen LogP contribution in [0.1, 0.15) is 36.0 Å². The molecule has 1 aliphatic rings. The summed E-state index contributed by atoms with van der Waals surface area (Å²) in [6.45, 7) is 1.06. The number of hydrogen-bond donors (Lipinski definition) is 1. The van der Waals surface area contributed by atoms with E-state index in [-0.39, 0.29) is 11.2 Å². The third kappa shape index (κ3) is 3.11. The molecule has 0 bridgehead atoms. The Balaban J connectivity index is 2.00. The van der Waals surface area contributed by atoms with Crippen LogP contribution in [0.15, 0.2) is 42.5 Å². The molecule has 0 amide bonds. The molecule has 3 rings (SSSR count). The third-order valence-electron chi connectivity index (χ3n) is 5.07. The maximum atomic E-state index is 13.4. The molecule has 23 heavy (non-hydrogen) atoms. The molecular weight excluding hydrogens is 287 g/mol. The van der Waals surface area contributed by atoms with Gasteiger partial charge in [-0.2, -0.15) is 0 Å². The van der Waals surface area contributed by atoms with E-state index in [0.29, 0.717) is 0 Å². The fraction of sp³-hybridized carbons (Fsp3) is 0.400. The third-order valence-corrected chi connectivity index (χ3v) is 5.07. The quantitative estimate of drug-likeness (QED) is 0.846. The number of fused-ring (bicyclic) bond motifs is 1. The Hall–Kier alpha value is -1.87. The topological polar surface area (TPSA) is 29.3 Å². The molecule has 1 aliphatic carbocycles. The molecule has 0 spiro atoms. The van der Waals surface area contributed by atoms with Gasteiger partial charge in [0.15, 0.2) is 0 Å². The molecule has 2 N–H and O–H groups in total. The Morgan fingerprint density at radius 2 is 1.87 bits per heavy atom. The first kappa shape index (κ1) is 16.0. The molecule has 0 fully saturated rings. The molecule has 0 radical (unpaired) electrons. The molecular formula is C20H25FN2. The maximum Gasteiger partial charge on any atom is 0.123 e. The van der Waals surface area contributed by atoms with Crippen molar-refractivity contribution in [3.63, 3.8) is 0 Å². The van der Waals surface area contributed by atoms with Crippen LogP contribution in [0.4, 0.5) is 10.1 Å². The Morgan fingerprint density at radius 1 is 1.13 bits per heavy atom. The summed E-state index contributed by atoms with van der Waals surface area (Å²) >= 11 is 0. The van der Waals surface area contributed by atoms with Gasteiger partial charge in [-0.3, -0.25) is 0 Å². The highest BCUT2D eigenvalue weighted by Gasteiger charge is 2.39. The summed E-state index contributed by atoms with van der Waals surface area (Å²) in [5.74, 6) is -0.173. The lowest BCUT2D eigenvalue weighted by atomic mass is 9.72. The molecule has 3 heteroatoms. The van der Waals surface area contributed by atoms with Crippen molar-refractivity contribution in [2.45, 2.75) is 31.1 Å². The van der Waals surface area contributed by atoms with E-state index in [1.165, 1.54) is 16.7 Å². The van der Waals surface area contributed by atoms with Gasteiger partial charge in [0.25, 0.3) is 0 Å². The minimum absolute atomic E-state index is 0.00720.